The van der Waals surface area contributed by atoms with Gasteiger partial charge in [0.15, 0.2) is 0 Å². The van der Waals surface area contributed by atoms with Gasteiger partial charge in [0.1, 0.15) is 5.82 Å². The van der Waals surface area contributed by atoms with Gasteiger partial charge in [-0.1, -0.05) is 30.3 Å². The number of carbonyl (C=O) groups excluding carboxylic acids is 1. The molecule has 1 heterocycles. The molecule has 0 radical (unpaired) electrons. The maximum atomic E-state index is 13.8. The highest BCUT2D eigenvalue weighted by atomic mass is 19.1. The summed E-state index contributed by atoms with van der Waals surface area (Å²) in [5.41, 5.74) is 3.28. The van der Waals surface area contributed by atoms with Crippen molar-refractivity contribution in [3.05, 3.63) is 65.0 Å². The Hall–Kier alpha value is -2.20. The van der Waals surface area contributed by atoms with Crippen LogP contribution in [0.5, 0.6) is 0 Å². The third kappa shape index (κ3) is 2.81. The predicted octanol–water partition coefficient (Wildman–Crippen LogP) is 2.96. The van der Waals surface area contributed by atoms with E-state index in [4.69, 9.17) is 0 Å². The summed E-state index contributed by atoms with van der Waals surface area (Å²) in [5, 5.41) is 5.94. The van der Waals surface area contributed by atoms with E-state index >= 15 is 0 Å². The van der Waals surface area contributed by atoms with Crippen molar-refractivity contribution in [2.45, 2.75) is 19.4 Å². The lowest BCUT2D eigenvalue weighted by atomic mass is 9.90. The van der Waals surface area contributed by atoms with Crippen LogP contribution >= 0.6 is 0 Å². The van der Waals surface area contributed by atoms with Crippen molar-refractivity contribution in [3.8, 4) is 0 Å². The third-order valence-electron chi connectivity index (χ3n) is 3.79. The number of hydrogen-bond donors (Lipinski definition) is 2. The molecule has 0 saturated carbocycles. The summed E-state index contributed by atoms with van der Waals surface area (Å²) < 4.78 is 13.8. The second kappa shape index (κ2) is 5.66. The van der Waals surface area contributed by atoms with E-state index in [1.165, 1.54) is 6.07 Å². The van der Waals surface area contributed by atoms with E-state index < -0.39 is 5.82 Å². The van der Waals surface area contributed by atoms with E-state index in [1.54, 1.807) is 12.1 Å². The molecule has 2 aromatic carbocycles. The molecule has 0 bridgehead atoms. The minimum atomic E-state index is -0.411. The number of nitrogens with one attached hydrogen (secondary N) is 2. The van der Waals surface area contributed by atoms with Crippen molar-refractivity contribution in [1.82, 2.24) is 5.32 Å². The Morgan fingerprint density at radius 3 is 2.95 bits per heavy atom. The first-order valence-electron chi connectivity index (χ1n) is 7.00. The van der Waals surface area contributed by atoms with E-state index in [2.05, 4.69) is 10.6 Å². The van der Waals surface area contributed by atoms with Gasteiger partial charge in [-0.3, -0.25) is 4.79 Å². The van der Waals surface area contributed by atoms with Crippen LogP contribution < -0.4 is 10.6 Å². The quantitative estimate of drug-likeness (QED) is 0.890. The smallest absolute Gasteiger partial charge is 0.233 e. The molecule has 4 heteroatoms. The molecule has 0 aromatic heterocycles. The Kier molecular flexibility index (Phi) is 3.71. The Labute approximate surface area is 123 Å². The van der Waals surface area contributed by atoms with Gasteiger partial charge in [0, 0.05) is 13.1 Å². The van der Waals surface area contributed by atoms with Crippen LogP contribution in [0.25, 0.3) is 0 Å². The van der Waals surface area contributed by atoms with Crippen molar-refractivity contribution in [1.29, 1.82) is 0 Å². The Morgan fingerprint density at radius 1 is 1.29 bits per heavy atom. The highest BCUT2D eigenvalue weighted by Crippen LogP contribution is 2.26. The number of benzene rings is 2. The second-order valence-electron chi connectivity index (χ2n) is 5.35. The Morgan fingerprint density at radius 2 is 2.10 bits per heavy atom. The number of anilines is 1. The number of halogens is 1. The van der Waals surface area contributed by atoms with Crippen molar-refractivity contribution < 1.29 is 9.18 Å². The molecule has 1 amide bonds. The van der Waals surface area contributed by atoms with Crippen molar-refractivity contribution >= 4 is 11.6 Å². The Balaban J connectivity index is 1.85. The van der Waals surface area contributed by atoms with Gasteiger partial charge in [-0.15, -0.1) is 0 Å². The molecular weight excluding hydrogens is 267 g/mol. The summed E-state index contributed by atoms with van der Waals surface area (Å²) in [6.45, 7) is 3.20. The van der Waals surface area contributed by atoms with Crippen LogP contribution in [0.2, 0.25) is 0 Å². The van der Waals surface area contributed by atoms with Gasteiger partial charge in [0.25, 0.3) is 0 Å². The van der Waals surface area contributed by atoms with Gasteiger partial charge < -0.3 is 10.6 Å². The summed E-state index contributed by atoms with van der Waals surface area (Å²) in [4.78, 5) is 12.5. The molecule has 2 aromatic rings. The predicted molar refractivity (Wildman–Crippen MR) is 80.7 cm³/mol. The zero-order valence-corrected chi connectivity index (χ0v) is 11.8. The maximum absolute atomic E-state index is 13.8. The fourth-order valence-corrected chi connectivity index (χ4v) is 2.68. The van der Waals surface area contributed by atoms with Crippen LogP contribution in [0.15, 0.2) is 42.5 Å². The van der Waals surface area contributed by atoms with E-state index in [1.807, 2.05) is 31.2 Å². The molecule has 1 unspecified atom stereocenters. The van der Waals surface area contributed by atoms with Crippen molar-refractivity contribution in [2.75, 3.05) is 11.9 Å². The molecule has 3 rings (SSSR count). The lowest BCUT2D eigenvalue weighted by molar-refractivity contribution is -0.117. The van der Waals surface area contributed by atoms with Crippen LogP contribution in [-0.4, -0.2) is 12.5 Å². The molecule has 0 aliphatic carbocycles. The molecule has 0 fully saturated rings. The highest BCUT2D eigenvalue weighted by molar-refractivity contribution is 5.96. The summed E-state index contributed by atoms with van der Waals surface area (Å²) >= 11 is 0. The molecule has 0 saturated heterocycles. The topological polar surface area (TPSA) is 41.1 Å². The first-order chi connectivity index (χ1) is 10.1. The van der Waals surface area contributed by atoms with Gasteiger partial charge in [-0.05, 0) is 35.7 Å². The number of fused-ring (bicyclic) bond motifs is 1. The second-order valence-corrected chi connectivity index (χ2v) is 5.35. The van der Waals surface area contributed by atoms with Crippen LogP contribution in [0.4, 0.5) is 10.1 Å². The largest absolute Gasteiger partial charge is 0.323 e. The van der Waals surface area contributed by atoms with E-state index in [-0.39, 0.29) is 17.5 Å². The normalized spacial score (nSPS) is 17.1. The molecule has 0 spiro atoms. The summed E-state index contributed by atoms with van der Waals surface area (Å²) in [5.74, 6) is -0.889. The van der Waals surface area contributed by atoms with Gasteiger partial charge in [0.05, 0.1) is 11.6 Å². The molecule has 108 valence electrons. The van der Waals surface area contributed by atoms with Crippen LogP contribution in [0.1, 0.15) is 22.6 Å². The fraction of sp³-hybridized carbons (Fsp3) is 0.235. The average molecular weight is 284 g/mol. The maximum Gasteiger partial charge on any atom is 0.233 e. The summed E-state index contributed by atoms with van der Waals surface area (Å²) in [7, 11) is 0. The molecule has 2 N–H and O–H groups in total. The van der Waals surface area contributed by atoms with E-state index in [0.717, 1.165) is 23.2 Å². The number of carbonyl (C=O) groups is 1. The lowest BCUT2D eigenvalue weighted by Gasteiger charge is -2.25. The van der Waals surface area contributed by atoms with Gasteiger partial charge in [-0.25, -0.2) is 4.39 Å². The van der Waals surface area contributed by atoms with E-state index in [9.17, 15) is 9.18 Å². The van der Waals surface area contributed by atoms with Gasteiger partial charge >= 0.3 is 0 Å². The fourth-order valence-electron chi connectivity index (χ4n) is 2.68. The zero-order chi connectivity index (χ0) is 14.8. The minimum absolute atomic E-state index is 0.181. The first kappa shape index (κ1) is 13.8. The molecule has 1 aliphatic rings. The van der Waals surface area contributed by atoms with Crippen LogP contribution in [0, 0.1) is 12.7 Å². The molecule has 3 nitrogen and oxygen atoms in total. The molecule has 21 heavy (non-hydrogen) atoms. The average Bonchev–Trinajstić information content (AvgIpc) is 2.50. The third-order valence-corrected chi connectivity index (χ3v) is 3.79. The molecule has 1 atom stereocenters. The lowest BCUT2D eigenvalue weighted by Crippen LogP contribution is -2.35. The van der Waals surface area contributed by atoms with Gasteiger partial charge in [-0.2, -0.15) is 0 Å². The van der Waals surface area contributed by atoms with Crippen LogP contribution in [0.3, 0.4) is 0 Å². The standard InChI is InChI=1S/C17H17FN2O/c1-11-6-7-15(18)16(8-11)20-17(21)14-10-19-9-12-4-2-3-5-13(12)14/h2-8,14,19H,9-10H2,1H3,(H,20,21). The molecule has 1 aliphatic heterocycles. The first-order valence-corrected chi connectivity index (χ1v) is 7.00. The number of rotatable bonds is 2. The number of amides is 1. The van der Waals surface area contributed by atoms with Crippen LogP contribution in [-0.2, 0) is 11.3 Å². The number of aryl methyl sites for hydroxylation is 1. The summed E-state index contributed by atoms with van der Waals surface area (Å²) in [6.07, 6.45) is 0. The minimum Gasteiger partial charge on any atom is -0.323 e. The SMILES string of the molecule is Cc1ccc(F)c(NC(=O)C2CNCc3ccccc32)c1. The number of hydrogen-bond acceptors (Lipinski definition) is 2. The molecular formula is C17H17FN2O. The van der Waals surface area contributed by atoms with Gasteiger partial charge in [0.2, 0.25) is 5.91 Å². The van der Waals surface area contributed by atoms with E-state index in [0.29, 0.717) is 6.54 Å². The van der Waals surface area contributed by atoms with Crippen molar-refractivity contribution in [2.24, 2.45) is 0 Å². The highest BCUT2D eigenvalue weighted by Gasteiger charge is 2.26. The Bertz CT molecular complexity index is 684. The van der Waals surface area contributed by atoms with Crippen molar-refractivity contribution in [3.63, 3.8) is 0 Å². The zero-order valence-electron chi connectivity index (χ0n) is 11.8. The monoisotopic (exact) mass is 284 g/mol. The summed E-state index contributed by atoms with van der Waals surface area (Å²) in [6, 6.07) is 12.6.